The number of ether oxygens (including phenoxy) is 1. The van der Waals surface area contributed by atoms with Crippen molar-refractivity contribution in [2.24, 2.45) is 7.05 Å². The highest BCUT2D eigenvalue weighted by Gasteiger charge is 2.14. The van der Waals surface area contributed by atoms with E-state index in [-0.39, 0.29) is 5.91 Å². The Morgan fingerprint density at radius 2 is 1.81 bits per heavy atom. The zero-order valence-electron chi connectivity index (χ0n) is 17.9. The minimum absolute atomic E-state index is 0.137. The van der Waals surface area contributed by atoms with Crippen LogP contribution in [0, 0.1) is 13.8 Å². The molecule has 31 heavy (non-hydrogen) atoms. The van der Waals surface area contributed by atoms with Gasteiger partial charge in [-0.15, -0.1) is 0 Å². The van der Waals surface area contributed by atoms with Gasteiger partial charge < -0.3 is 14.6 Å². The number of aromatic nitrogens is 4. The Bertz CT molecular complexity index is 1180. The van der Waals surface area contributed by atoms with Crippen molar-refractivity contribution in [3.8, 4) is 11.4 Å². The fourth-order valence-electron chi connectivity index (χ4n) is 3.41. The van der Waals surface area contributed by atoms with Gasteiger partial charge in [-0.2, -0.15) is 5.10 Å². The molecule has 0 atom stereocenters. The molecule has 0 saturated heterocycles. The summed E-state index contributed by atoms with van der Waals surface area (Å²) in [6, 6.07) is 17.1. The summed E-state index contributed by atoms with van der Waals surface area (Å²) in [6.45, 7) is 4.77. The van der Waals surface area contributed by atoms with Crippen molar-refractivity contribution >= 4 is 5.91 Å². The number of carbonyl (C=O) groups excluding carboxylic acids is 1. The van der Waals surface area contributed by atoms with Crippen LogP contribution in [0.1, 0.15) is 33.1 Å². The van der Waals surface area contributed by atoms with Crippen LogP contribution in [0.4, 0.5) is 0 Å². The lowest BCUT2D eigenvalue weighted by Gasteiger charge is -2.09. The Balaban J connectivity index is 1.38. The normalized spacial score (nSPS) is 10.8. The Labute approximate surface area is 181 Å². The second-order valence-electron chi connectivity index (χ2n) is 7.35. The molecule has 2 heterocycles. The maximum atomic E-state index is 12.6. The lowest BCUT2D eigenvalue weighted by atomic mass is 10.1. The fraction of sp³-hybridized carbons (Fsp3) is 0.208. The van der Waals surface area contributed by atoms with E-state index in [0.29, 0.717) is 24.5 Å². The summed E-state index contributed by atoms with van der Waals surface area (Å²) in [5, 5.41) is 7.63. The second kappa shape index (κ2) is 8.87. The quantitative estimate of drug-likeness (QED) is 0.499. The van der Waals surface area contributed by atoms with Crippen molar-refractivity contribution in [3.63, 3.8) is 0 Å². The van der Waals surface area contributed by atoms with Crippen LogP contribution in [0.5, 0.6) is 5.75 Å². The maximum Gasteiger partial charge on any atom is 0.251 e. The van der Waals surface area contributed by atoms with E-state index < -0.39 is 0 Å². The molecule has 4 rings (SSSR count). The molecule has 4 aromatic rings. The van der Waals surface area contributed by atoms with E-state index in [2.05, 4.69) is 15.4 Å². The molecule has 0 radical (unpaired) electrons. The van der Waals surface area contributed by atoms with Gasteiger partial charge in [0, 0.05) is 42.8 Å². The van der Waals surface area contributed by atoms with E-state index in [1.165, 1.54) is 0 Å². The monoisotopic (exact) mass is 415 g/mol. The van der Waals surface area contributed by atoms with Crippen molar-refractivity contribution in [2.75, 3.05) is 0 Å². The van der Waals surface area contributed by atoms with Gasteiger partial charge in [-0.05, 0) is 50.2 Å². The van der Waals surface area contributed by atoms with Crippen molar-refractivity contribution < 1.29 is 9.53 Å². The number of imidazole rings is 1. The van der Waals surface area contributed by atoms with E-state index >= 15 is 0 Å². The molecule has 0 aliphatic heterocycles. The number of nitrogens with one attached hydrogen (secondary N) is 1. The van der Waals surface area contributed by atoms with E-state index in [0.717, 1.165) is 28.5 Å². The van der Waals surface area contributed by atoms with E-state index in [1.807, 2.05) is 66.7 Å². The van der Waals surface area contributed by atoms with Crippen LogP contribution in [-0.2, 0) is 20.2 Å². The van der Waals surface area contributed by atoms with Gasteiger partial charge in [0.2, 0.25) is 0 Å². The third-order valence-electron chi connectivity index (χ3n) is 5.27. The number of rotatable bonds is 7. The zero-order valence-corrected chi connectivity index (χ0v) is 17.9. The van der Waals surface area contributed by atoms with Gasteiger partial charge in [0.1, 0.15) is 18.2 Å². The maximum absolute atomic E-state index is 12.6. The third kappa shape index (κ3) is 4.50. The molecule has 0 bridgehead atoms. The topological polar surface area (TPSA) is 74.0 Å². The lowest BCUT2D eigenvalue weighted by Crippen LogP contribution is -2.23. The SMILES string of the molecule is Cc1nn(-c2ccccc2)c(C)c1CNC(=O)c1ccc(OCc2nccn2C)cc1. The first-order chi connectivity index (χ1) is 15.0. The molecular formula is C24H25N5O2. The smallest absolute Gasteiger partial charge is 0.251 e. The van der Waals surface area contributed by atoms with Crippen molar-refractivity contribution in [1.82, 2.24) is 24.6 Å². The number of benzene rings is 2. The van der Waals surface area contributed by atoms with Gasteiger partial charge in [-0.25, -0.2) is 9.67 Å². The first-order valence-corrected chi connectivity index (χ1v) is 10.1. The van der Waals surface area contributed by atoms with Gasteiger partial charge in [0.05, 0.1) is 11.4 Å². The molecule has 1 amide bonds. The number of aryl methyl sites for hydroxylation is 2. The summed E-state index contributed by atoms with van der Waals surface area (Å²) in [5.41, 5.74) is 4.52. The second-order valence-corrected chi connectivity index (χ2v) is 7.35. The molecule has 0 aliphatic carbocycles. The molecule has 1 N–H and O–H groups in total. The summed E-state index contributed by atoms with van der Waals surface area (Å²) < 4.78 is 9.56. The molecule has 2 aromatic heterocycles. The van der Waals surface area contributed by atoms with Gasteiger partial charge in [0.15, 0.2) is 0 Å². The Morgan fingerprint density at radius 1 is 1.06 bits per heavy atom. The van der Waals surface area contributed by atoms with Gasteiger partial charge in [-0.3, -0.25) is 4.79 Å². The Kier molecular flexibility index (Phi) is 5.84. The van der Waals surface area contributed by atoms with Crippen molar-refractivity contribution in [1.29, 1.82) is 0 Å². The first kappa shape index (κ1) is 20.4. The van der Waals surface area contributed by atoms with E-state index in [9.17, 15) is 4.79 Å². The van der Waals surface area contributed by atoms with E-state index in [1.54, 1.807) is 30.5 Å². The van der Waals surface area contributed by atoms with Crippen LogP contribution < -0.4 is 10.1 Å². The van der Waals surface area contributed by atoms with Crippen LogP contribution in [0.25, 0.3) is 5.69 Å². The Hall–Kier alpha value is -3.87. The number of hydrogen-bond acceptors (Lipinski definition) is 4. The molecule has 7 heteroatoms. The van der Waals surface area contributed by atoms with E-state index in [4.69, 9.17) is 4.74 Å². The largest absolute Gasteiger partial charge is 0.486 e. The Morgan fingerprint density at radius 3 is 2.48 bits per heavy atom. The summed E-state index contributed by atoms with van der Waals surface area (Å²) in [6.07, 6.45) is 3.61. The fourth-order valence-corrected chi connectivity index (χ4v) is 3.41. The molecule has 0 aliphatic rings. The van der Waals surface area contributed by atoms with Crippen LogP contribution in [0.3, 0.4) is 0 Å². The average molecular weight is 415 g/mol. The van der Waals surface area contributed by atoms with Crippen LogP contribution in [0.2, 0.25) is 0 Å². The predicted octanol–water partition coefficient (Wildman–Crippen LogP) is 3.73. The number of amides is 1. The molecular weight excluding hydrogens is 390 g/mol. The molecule has 0 spiro atoms. The molecule has 158 valence electrons. The summed E-state index contributed by atoms with van der Waals surface area (Å²) in [5.74, 6) is 1.39. The average Bonchev–Trinajstić information content (AvgIpc) is 3.33. The molecule has 0 unspecified atom stereocenters. The molecule has 2 aromatic carbocycles. The summed E-state index contributed by atoms with van der Waals surface area (Å²) in [7, 11) is 1.92. The minimum atomic E-state index is -0.137. The standard InChI is InChI=1S/C24H25N5O2/c1-17-22(18(2)29(27-17)20-7-5-4-6-8-20)15-26-24(30)19-9-11-21(12-10-19)31-16-23-25-13-14-28(23)3/h4-14H,15-16H2,1-3H3,(H,26,30). The zero-order chi connectivity index (χ0) is 21.8. The summed E-state index contributed by atoms with van der Waals surface area (Å²) in [4.78, 5) is 16.9. The number of nitrogens with zero attached hydrogens (tertiary/aromatic N) is 4. The highest BCUT2D eigenvalue weighted by Crippen LogP contribution is 2.18. The molecule has 7 nitrogen and oxygen atoms in total. The van der Waals surface area contributed by atoms with Crippen LogP contribution >= 0.6 is 0 Å². The van der Waals surface area contributed by atoms with Crippen molar-refractivity contribution in [2.45, 2.75) is 27.0 Å². The molecule has 0 fully saturated rings. The van der Waals surface area contributed by atoms with Gasteiger partial charge in [0.25, 0.3) is 5.91 Å². The first-order valence-electron chi connectivity index (χ1n) is 10.1. The van der Waals surface area contributed by atoms with Crippen LogP contribution in [-0.4, -0.2) is 25.2 Å². The minimum Gasteiger partial charge on any atom is -0.486 e. The number of para-hydroxylation sites is 1. The third-order valence-corrected chi connectivity index (χ3v) is 5.27. The van der Waals surface area contributed by atoms with Gasteiger partial charge >= 0.3 is 0 Å². The molecule has 0 saturated carbocycles. The highest BCUT2D eigenvalue weighted by atomic mass is 16.5. The lowest BCUT2D eigenvalue weighted by molar-refractivity contribution is 0.0951. The van der Waals surface area contributed by atoms with Crippen LogP contribution in [0.15, 0.2) is 67.0 Å². The summed E-state index contributed by atoms with van der Waals surface area (Å²) >= 11 is 0. The highest BCUT2D eigenvalue weighted by molar-refractivity contribution is 5.94. The van der Waals surface area contributed by atoms with Gasteiger partial charge in [-0.1, -0.05) is 18.2 Å². The predicted molar refractivity (Wildman–Crippen MR) is 118 cm³/mol. The number of hydrogen-bond donors (Lipinski definition) is 1. The van der Waals surface area contributed by atoms with Crippen molar-refractivity contribution in [3.05, 3.63) is 95.3 Å². The number of carbonyl (C=O) groups is 1.